The monoisotopic (exact) mass is 306 g/mol. The van der Waals surface area contributed by atoms with E-state index in [0.717, 1.165) is 11.4 Å². The molecule has 1 aromatic carbocycles. The summed E-state index contributed by atoms with van der Waals surface area (Å²) in [7, 11) is 1.94. The lowest BCUT2D eigenvalue weighted by Gasteiger charge is -2.15. The van der Waals surface area contributed by atoms with Crippen LogP contribution in [-0.2, 0) is 11.3 Å². The maximum absolute atomic E-state index is 11.8. The summed E-state index contributed by atoms with van der Waals surface area (Å²) in [6.07, 6.45) is 0. The van der Waals surface area contributed by atoms with Crippen molar-refractivity contribution < 1.29 is 14.5 Å². The van der Waals surface area contributed by atoms with Crippen LogP contribution in [0.4, 0.5) is 4.79 Å². The van der Waals surface area contributed by atoms with Gasteiger partial charge in [0.05, 0.1) is 7.05 Å². The van der Waals surface area contributed by atoms with Crippen LogP contribution in [-0.4, -0.2) is 31.6 Å². The molecule has 1 unspecified atom stereocenters. The van der Waals surface area contributed by atoms with Crippen LogP contribution in [0.2, 0.25) is 0 Å². The highest BCUT2D eigenvalue weighted by molar-refractivity contribution is 5.94. The van der Waals surface area contributed by atoms with Gasteiger partial charge in [0, 0.05) is 11.6 Å². The number of rotatable bonds is 6. The summed E-state index contributed by atoms with van der Waals surface area (Å²) in [6, 6.07) is 8.03. The van der Waals surface area contributed by atoms with Gasteiger partial charge in [0.25, 0.3) is 5.91 Å². The van der Waals surface area contributed by atoms with Crippen molar-refractivity contribution in [3.63, 3.8) is 0 Å². The van der Waals surface area contributed by atoms with Crippen LogP contribution >= 0.6 is 0 Å². The summed E-state index contributed by atoms with van der Waals surface area (Å²) in [5, 5.41) is 4.98. The zero-order valence-electron chi connectivity index (χ0n) is 14.2. The molecule has 5 heteroatoms. The lowest BCUT2D eigenvalue weighted by atomic mass is 10.0. The Kier molecular flexibility index (Phi) is 7.05. The van der Waals surface area contributed by atoms with Crippen LogP contribution in [0.25, 0.3) is 0 Å². The Morgan fingerprint density at radius 2 is 1.68 bits per heavy atom. The summed E-state index contributed by atoms with van der Waals surface area (Å²) in [6.45, 7) is 9.04. The first-order chi connectivity index (χ1) is 10.3. The molecule has 1 aromatic rings. The van der Waals surface area contributed by atoms with Gasteiger partial charge in [-0.15, -0.1) is 0 Å². The van der Waals surface area contributed by atoms with Crippen molar-refractivity contribution in [3.05, 3.63) is 35.4 Å². The molecule has 5 nitrogen and oxygen atoms in total. The van der Waals surface area contributed by atoms with Crippen molar-refractivity contribution in [2.45, 2.75) is 46.2 Å². The maximum atomic E-state index is 11.8. The third-order valence-corrected chi connectivity index (χ3v) is 3.29. The Labute approximate surface area is 133 Å². The highest BCUT2D eigenvalue weighted by Gasteiger charge is 2.14. The molecule has 3 N–H and O–H groups in total. The molecule has 22 heavy (non-hydrogen) atoms. The van der Waals surface area contributed by atoms with E-state index in [1.54, 1.807) is 0 Å². The first-order valence-corrected chi connectivity index (χ1v) is 7.78. The number of nitrogens with one attached hydrogen (secondary N) is 3. The Morgan fingerprint density at radius 3 is 2.18 bits per heavy atom. The van der Waals surface area contributed by atoms with E-state index in [1.807, 2.05) is 20.9 Å². The summed E-state index contributed by atoms with van der Waals surface area (Å²) in [5.41, 5.74) is 2.49. The van der Waals surface area contributed by atoms with E-state index >= 15 is 0 Å². The summed E-state index contributed by atoms with van der Waals surface area (Å²) in [4.78, 5) is 24.3. The second-order valence-electron chi connectivity index (χ2n) is 6.38. The van der Waals surface area contributed by atoms with E-state index in [9.17, 15) is 9.59 Å². The van der Waals surface area contributed by atoms with Crippen molar-refractivity contribution in [1.82, 2.24) is 10.6 Å². The van der Waals surface area contributed by atoms with Gasteiger partial charge in [-0.1, -0.05) is 38.1 Å². The zero-order valence-corrected chi connectivity index (χ0v) is 14.2. The summed E-state index contributed by atoms with van der Waals surface area (Å²) in [5.74, 6) is 0.249. The van der Waals surface area contributed by atoms with Crippen LogP contribution in [0.15, 0.2) is 24.3 Å². The molecule has 0 saturated heterocycles. The molecule has 1 rings (SSSR count). The predicted octanol–water partition coefficient (Wildman–Crippen LogP) is 1.06. The highest BCUT2D eigenvalue weighted by Crippen LogP contribution is 2.14. The summed E-state index contributed by atoms with van der Waals surface area (Å²) >= 11 is 0. The SMILES string of the molecule is CC(C)NC(=O)NC(=O)C[NH+](C)Cc1ccc(C(C)C)cc1. The molecule has 1 atom stereocenters. The Morgan fingerprint density at radius 1 is 1.09 bits per heavy atom. The minimum atomic E-state index is -0.436. The molecule has 3 amide bonds. The standard InChI is InChI=1S/C17H27N3O2/c1-12(2)15-8-6-14(7-9-15)10-20(5)11-16(21)19-17(22)18-13(3)4/h6-9,12-13H,10-11H2,1-5H3,(H2,18,19,21,22)/p+1. The van der Waals surface area contributed by atoms with Crippen LogP contribution in [0.5, 0.6) is 0 Å². The second-order valence-corrected chi connectivity index (χ2v) is 6.38. The van der Waals surface area contributed by atoms with Gasteiger partial charge in [-0.05, 0) is 25.3 Å². The topological polar surface area (TPSA) is 62.6 Å². The van der Waals surface area contributed by atoms with Gasteiger partial charge in [-0.3, -0.25) is 10.1 Å². The van der Waals surface area contributed by atoms with E-state index in [-0.39, 0.29) is 18.5 Å². The lowest BCUT2D eigenvalue weighted by molar-refractivity contribution is -0.885. The maximum Gasteiger partial charge on any atom is 0.321 e. The Bertz CT molecular complexity index is 495. The van der Waals surface area contributed by atoms with Crippen molar-refractivity contribution in [2.24, 2.45) is 0 Å². The molecule has 0 heterocycles. The zero-order chi connectivity index (χ0) is 16.7. The van der Waals surface area contributed by atoms with Gasteiger partial charge in [-0.25, -0.2) is 4.79 Å². The number of quaternary nitrogens is 1. The van der Waals surface area contributed by atoms with E-state index in [0.29, 0.717) is 5.92 Å². The van der Waals surface area contributed by atoms with Gasteiger partial charge in [0.2, 0.25) is 0 Å². The van der Waals surface area contributed by atoms with Gasteiger partial charge in [0.15, 0.2) is 6.54 Å². The molecular weight excluding hydrogens is 278 g/mol. The van der Waals surface area contributed by atoms with Crippen LogP contribution < -0.4 is 15.5 Å². The van der Waals surface area contributed by atoms with E-state index in [2.05, 4.69) is 48.7 Å². The normalized spacial score (nSPS) is 12.3. The largest absolute Gasteiger partial charge is 0.336 e. The third kappa shape index (κ3) is 6.72. The molecule has 122 valence electrons. The number of imide groups is 1. The Balaban J connectivity index is 2.43. The predicted molar refractivity (Wildman–Crippen MR) is 87.8 cm³/mol. The minimum absolute atomic E-state index is 0.0114. The van der Waals surface area contributed by atoms with Gasteiger partial charge < -0.3 is 10.2 Å². The fourth-order valence-corrected chi connectivity index (χ4v) is 2.17. The second kappa shape index (κ2) is 8.54. The molecule has 0 aliphatic heterocycles. The van der Waals surface area contributed by atoms with Gasteiger partial charge in [0.1, 0.15) is 6.54 Å². The van der Waals surface area contributed by atoms with Crippen LogP contribution in [0, 0.1) is 0 Å². The minimum Gasteiger partial charge on any atom is -0.336 e. The first-order valence-electron chi connectivity index (χ1n) is 7.78. The number of carbonyl (C=O) groups excluding carboxylic acids is 2. The van der Waals surface area contributed by atoms with E-state index in [4.69, 9.17) is 0 Å². The molecule has 0 bridgehead atoms. The van der Waals surface area contributed by atoms with E-state index in [1.165, 1.54) is 11.1 Å². The molecule has 0 aliphatic rings. The third-order valence-electron chi connectivity index (χ3n) is 3.29. The smallest absolute Gasteiger partial charge is 0.321 e. The fourth-order valence-electron chi connectivity index (χ4n) is 2.17. The molecule has 0 fully saturated rings. The molecule has 0 saturated carbocycles. The van der Waals surface area contributed by atoms with Crippen molar-refractivity contribution in [2.75, 3.05) is 13.6 Å². The van der Waals surface area contributed by atoms with Crippen molar-refractivity contribution in [3.8, 4) is 0 Å². The van der Waals surface area contributed by atoms with Crippen LogP contribution in [0.1, 0.15) is 44.7 Å². The first kappa shape index (κ1) is 18.2. The molecule has 0 aromatic heterocycles. The average Bonchev–Trinajstić information content (AvgIpc) is 2.37. The number of hydrogen-bond acceptors (Lipinski definition) is 2. The van der Waals surface area contributed by atoms with Crippen molar-refractivity contribution >= 4 is 11.9 Å². The average molecular weight is 306 g/mol. The van der Waals surface area contributed by atoms with Crippen LogP contribution in [0.3, 0.4) is 0 Å². The fraction of sp³-hybridized carbons (Fsp3) is 0.529. The number of amides is 3. The number of urea groups is 1. The van der Waals surface area contributed by atoms with Gasteiger partial charge >= 0.3 is 6.03 Å². The van der Waals surface area contributed by atoms with E-state index < -0.39 is 6.03 Å². The number of carbonyl (C=O) groups is 2. The van der Waals surface area contributed by atoms with Gasteiger partial charge in [-0.2, -0.15) is 0 Å². The number of hydrogen-bond donors (Lipinski definition) is 3. The molecule has 0 radical (unpaired) electrons. The molecule has 0 aliphatic carbocycles. The number of benzene rings is 1. The molecule has 0 spiro atoms. The highest BCUT2D eigenvalue weighted by atomic mass is 16.2. The summed E-state index contributed by atoms with van der Waals surface area (Å²) < 4.78 is 0. The Hall–Kier alpha value is -1.88. The molecular formula is C17H28N3O2+. The quantitative estimate of drug-likeness (QED) is 0.736. The van der Waals surface area contributed by atoms with Crippen molar-refractivity contribution in [1.29, 1.82) is 0 Å². The lowest BCUT2D eigenvalue weighted by Crippen LogP contribution is -3.09. The number of likely N-dealkylation sites (N-methyl/N-ethyl adjacent to an activating group) is 1.